The molecule has 2 atom stereocenters. The normalized spacial score (nSPS) is 25.0. The SMILES string of the molecule is COc1ccc(C(=O)N2CC[C@H]3C(=O)NCCO[C@H]3C2)cc1. The zero-order valence-corrected chi connectivity index (χ0v) is 12.6. The molecule has 6 nitrogen and oxygen atoms in total. The van der Waals surface area contributed by atoms with E-state index in [2.05, 4.69) is 5.32 Å². The first-order valence-electron chi connectivity index (χ1n) is 7.51. The molecular formula is C16H20N2O4. The van der Waals surface area contributed by atoms with Gasteiger partial charge in [0.05, 0.1) is 25.7 Å². The van der Waals surface area contributed by atoms with E-state index < -0.39 is 0 Å². The maximum atomic E-state index is 12.6. The molecule has 22 heavy (non-hydrogen) atoms. The fourth-order valence-electron chi connectivity index (χ4n) is 3.00. The number of fused-ring (bicyclic) bond motifs is 1. The molecule has 3 rings (SSSR count). The molecule has 0 spiro atoms. The van der Waals surface area contributed by atoms with Gasteiger partial charge in [-0.3, -0.25) is 9.59 Å². The summed E-state index contributed by atoms with van der Waals surface area (Å²) in [5, 5.41) is 2.85. The van der Waals surface area contributed by atoms with Crippen molar-refractivity contribution in [3.63, 3.8) is 0 Å². The third kappa shape index (κ3) is 2.92. The van der Waals surface area contributed by atoms with Gasteiger partial charge in [-0.2, -0.15) is 0 Å². The van der Waals surface area contributed by atoms with Crippen LogP contribution in [-0.4, -0.2) is 56.2 Å². The van der Waals surface area contributed by atoms with Gasteiger partial charge in [0.25, 0.3) is 5.91 Å². The molecule has 2 fully saturated rings. The summed E-state index contributed by atoms with van der Waals surface area (Å²) in [6.07, 6.45) is 0.428. The minimum absolute atomic E-state index is 0.0330. The maximum Gasteiger partial charge on any atom is 0.253 e. The predicted molar refractivity (Wildman–Crippen MR) is 79.8 cm³/mol. The van der Waals surface area contributed by atoms with E-state index in [0.717, 1.165) is 5.75 Å². The lowest BCUT2D eigenvalue weighted by molar-refractivity contribution is -0.129. The Labute approximate surface area is 129 Å². The first-order chi connectivity index (χ1) is 10.7. The molecule has 1 aromatic carbocycles. The van der Waals surface area contributed by atoms with Crippen LogP contribution in [0.15, 0.2) is 24.3 Å². The predicted octanol–water partition coefficient (Wildman–Crippen LogP) is 0.672. The maximum absolute atomic E-state index is 12.6. The fourth-order valence-corrected chi connectivity index (χ4v) is 3.00. The van der Waals surface area contributed by atoms with Crippen LogP contribution >= 0.6 is 0 Å². The van der Waals surface area contributed by atoms with Gasteiger partial charge in [0.2, 0.25) is 5.91 Å². The summed E-state index contributed by atoms with van der Waals surface area (Å²) in [7, 11) is 1.59. The molecule has 2 aliphatic rings. The zero-order valence-electron chi connectivity index (χ0n) is 12.6. The lowest BCUT2D eigenvalue weighted by Gasteiger charge is -2.36. The van der Waals surface area contributed by atoms with E-state index >= 15 is 0 Å². The standard InChI is InChI=1S/C16H20N2O4/c1-21-12-4-2-11(3-5-12)16(20)18-8-6-13-14(10-18)22-9-7-17-15(13)19/h2-5,13-14H,6-10H2,1H3,(H,17,19)/t13-,14+/m1/s1. The number of carbonyl (C=O) groups excluding carboxylic acids is 2. The number of amides is 2. The van der Waals surface area contributed by atoms with Gasteiger partial charge in [0, 0.05) is 25.2 Å². The number of benzene rings is 1. The molecule has 1 N–H and O–H groups in total. The number of piperidine rings is 1. The molecule has 118 valence electrons. The lowest BCUT2D eigenvalue weighted by Crippen LogP contribution is -2.50. The largest absolute Gasteiger partial charge is 0.497 e. The van der Waals surface area contributed by atoms with Crippen LogP contribution < -0.4 is 10.1 Å². The van der Waals surface area contributed by atoms with Gasteiger partial charge in [-0.25, -0.2) is 0 Å². The number of carbonyl (C=O) groups is 2. The van der Waals surface area contributed by atoms with Crippen LogP contribution in [0.1, 0.15) is 16.8 Å². The van der Waals surface area contributed by atoms with Crippen molar-refractivity contribution in [1.29, 1.82) is 0 Å². The minimum Gasteiger partial charge on any atom is -0.497 e. The lowest BCUT2D eigenvalue weighted by atomic mass is 9.92. The zero-order chi connectivity index (χ0) is 15.5. The Hall–Kier alpha value is -2.08. The molecule has 2 aliphatic heterocycles. The third-order valence-corrected chi connectivity index (χ3v) is 4.25. The van der Waals surface area contributed by atoms with Gasteiger partial charge in [-0.15, -0.1) is 0 Å². The van der Waals surface area contributed by atoms with Crippen LogP contribution in [0.2, 0.25) is 0 Å². The quantitative estimate of drug-likeness (QED) is 0.872. The van der Waals surface area contributed by atoms with Crippen molar-refractivity contribution in [2.75, 3.05) is 33.4 Å². The number of nitrogens with one attached hydrogen (secondary N) is 1. The van der Waals surface area contributed by atoms with E-state index in [1.807, 2.05) is 0 Å². The van der Waals surface area contributed by atoms with Crippen LogP contribution in [0, 0.1) is 5.92 Å². The summed E-state index contributed by atoms with van der Waals surface area (Å²) in [5.41, 5.74) is 0.623. The van der Waals surface area contributed by atoms with Gasteiger partial charge in [0.15, 0.2) is 0 Å². The number of ether oxygens (including phenoxy) is 2. The van der Waals surface area contributed by atoms with Gasteiger partial charge < -0.3 is 19.7 Å². The van der Waals surface area contributed by atoms with Crippen molar-refractivity contribution in [3.05, 3.63) is 29.8 Å². The Morgan fingerprint density at radius 3 is 2.86 bits per heavy atom. The van der Waals surface area contributed by atoms with Crippen molar-refractivity contribution in [2.45, 2.75) is 12.5 Å². The molecule has 2 saturated heterocycles. The van der Waals surface area contributed by atoms with Crippen molar-refractivity contribution >= 4 is 11.8 Å². The van der Waals surface area contributed by atoms with Gasteiger partial charge in [0.1, 0.15) is 5.75 Å². The Morgan fingerprint density at radius 1 is 1.36 bits per heavy atom. The molecule has 1 aromatic rings. The molecule has 0 unspecified atom stereocenters. The first-order valence-corrected chi connectivity index (χ1v) is 7.51. The summed E-state index contributed by atoms with van der Waals surface area (Å²) in [6, 6.07) is 7.06. The molecule has 0 aliphatic carbocycles. The monoisotopic (exact) mass is 304 g/mol. The molecular weight excluding hydrogens is 284 g/mol. The number of methoxy groups -OCH3 is 1. The van der Waals surface area contributed by atoms with Crippen LogP contribution in [-0.2, 0) is 9.53 Å². The average Bonchev–Trinajstić information content (AvgIpc) is 2.75. The Morgan fingerprint density at radius 2 is 2.14 bits per heavy atom. The number of rotatable bonds is 2. The third-order valence-electron chi connectivity index (χ3n) is 4.25. The fraction of sp³-hybridized carbons (Fsp3) is 0.500. The Bertz CT molecular complexity index is 558. The van der Waals surface area contributed by atoms with Gasteiger partial charge in [-0.1, -0.05) is 0 Å². The molecule has 2 heterocycles. The second kappa shape index (κ2) is 6.36. The van der Waals surface area contributed by atoms with Crippen LogP contribution in [0.25, 0.3) is 0 Å². The van der Waals surface area contributed by atoms with Crippen LogP contribution in [0.5, 0.6) is 5.75 Å². The highest BCUT2D eigenvalue weighted by Crippen LogP contribution is 2.24. The topological polar surface area (TPSA) is 67.9 Å². The van der Waals surface area contributed by atoms with Crippen molar-refractivity contribution in [2.24, 2.45) is 5.92 Å². The minimum atomic E-state index is -0.210. The first kappa shape index (κ1) is 14.8. The highest BCUT2D eigenvalue weighted by Gasteiger charge is 2.37. The second-order valence-corrected chi connectivity index (χ2v) is 5.58. The average molecular weight is 304 g/mol. The van der Waals surface area contributed by atoms with Crippen molar-refractivity contribution in [1.82, 2.24) is 10.2 Å². The molecule has 0 aromatic heterocycles. The number of likely N-dealkylation sites (tertiary alicyclic amines) is 1. The van der Waals surface area contributed by atoms with E-state index in [1.54, 1.807) is 36.3 Å². The van der Waals surface area contributed by atoms with Crippen LogP contribution in [0.3, 0.4) is 0 Å². The van der Waals surface area contributed by atoms with E-state index in [-0.39, 0.29) is 23.8 Å². The summed E-state index contributed by atoms with van der Waals surface area (Å²) in [6.45, 7) is 2.07. The number of nitrogens with zero attached hydrogens (tertiary/aromatic N) is 1. The molecule has 2 amide bonds. The second-order valence-electron chi connectivity index (χ2n) is 5.58. The summed E-state index contributed by atoms with van der Waals surface area (Å²) in [5.74, 6) is 0.579. The molecule has 0 bridgehead atoms. The molecule has 6 heteroatoms. The summed E-state index contributed by atoms with van der Waals surface area (Å²) in [4.78, 5) is 26.3. The highest BCUT2D eigenvalue weighted by atomic mass is 16.5. The van der Waals surface area contributed by atoms with Crippen molar-refractivity contribution < 1.29 is 19.1 Å². The van der Waals surface area contributed by atoms with Gasteiger partial charge in [-0.05, 0) is 30.7 Å². The van der Waals surface area contributed by atoms with E-state index in [9.17, 15) is 9.59 Å². The van der Waals surface area contributed by atoms with E-state index in [1.165, 1.54) is 0 Å². The van der Waals surface area contributed by atoms with Crippen LogP contribution in [0.4, 0.5) is 0 Å². The molecule has 0 radical (unpaired) electrons. The van der Waals surface area contributed by atoms with E-state index in [0.29, 0.717) is 38.2 Å². The Balaban J connectivity index is 1.70. The number of hydrogen-bond acceptors (Lipinski definition) is 4. The highest BCUT2D eigenvalue weighted by molar-refractivity contribution is 5.94. The smallest absolute Gasteiger partial charge is 0.253 e. The Kier molecular flexibility index (Phi) is 4.29. The summed E-state index contributed by atoms with van der Waals surface area (Å²) >= 11 is 0. The number of hydrogen-bond donors (Lipinski definition) is 1. The molecule has 0 saturated carbocycles. The summed E-state index contributed by atoms with van der Waals surface area (Å²) < 4.78 is 10.8. The van der Waals surface area contributed by atoms with E-state index in [4.69, 9.17) is 9.47 Å². The van der Waals surface area contributed by atoms with Crippen molar-refractivity contribution in [3.8, 4) is 5.75 Å². The van der Waals surface area contributed by atoms with Gasteiger partial charge >= 0.3 is 0 Å².